The Balaban J connectivity index is 1.81. The van der Waals surface area contributed by atoms with Crippen LogP contribution in [0.4, 0.5) is 4.39 Å². The third-order valence-electron chi connectivity index (χ3n) is 4.81. The molecule has 0 N–H and O–H groups in total. The van der Waals surface area contributed by atoms with Crippen molar-refractivity contribution in [1.29, 1.82) is 0 Å². The maximum Gasteiger partial charge on any atom is 0.512 e. The fourth-order valence-corrected chi connectivity index (χ4v) is 2.64. The normalized spacial score (nSPS) is 18.8. The Morgan fingerprint density at radius 3 is 2.25 bits per heavy atom. The van der Waals surface area contributed by atoms with Gasteiger partial charge in [0, 0.05) is 6.20 Å². The summed E-state index contributed by atoms with van der Waals surface area (Å²) < 4.78 is 26.6. The number of carbonyl (C=O) groups is 1. The molecule has 24 heavy (non-hydrogen) atoms. The first-order valence-corrected chi connectivity index (χ1v) is 8.00. The molecule has 1 aliphatic heterocycles. The molecule has 1 aromatic heterocycles. The van der Waals surface area contributed by atoms with Crippen LogP contribution in [-0.2, 0) is 15.7 Å². The number of carbonyl (C=O) groups excluding carboxylic acids is 1. The monoisotopic (exact) mass is 329 g/mol. The van der Waals surface area contributed by atoms with Gasteiger partial charge in [0.1, 0.15) is 5.82 Å². The maximum atomic E-state index is 13.0. The molecule has 0 unspecified atom stereocenters. The molecular formula is C18H21BFNO3. The third kappa shape index (κ3) is 3.04. The maximum absolute atomic E-state index is 13.0. The lowest BCUT2D eigenvalue weighted by Gasteiger charge is -2.32. The quantitative estimate of drug-likeness (QED) is 0.813. The first kappa shape index (κ1) is 16.9. The van der Waals surface area contributed by atoms with Crippen molar-refractivity contribution >= 4 is 18.6 Å². The van der Waals surface area contributed by atoms with Crippen LogP contribution in [0.5, 0.6) is 0 Å². The highest BCUT2D eigenvalue weighted by Gasteiger charge is 2.52. The second-order valence-corrected chi connectivity index (χ2v) is 7.09. The van der Waals surface area contributed by atoms with E-state index in [0.29, 0.717) is 5.59 Å². The van der Waals surface area contributed by atoms with Gasteiger partial charge in [-0.05, 0) is 57.5 Å². The predicted molar refractivity (Wildman–Crippen MR) is 90.9 cm³/mol. The van der Waals surface area contributed by atoms with Gasteiger partial charge >= 0.3 is 7.12 Å². The van der Waals surface area contributed by atoms with Gasteiger partial charge in [-0.3, -0.25) is 9.36 Å². The van der Waals surface area contributed by atoms with Crippen LogP contribution in [0.15, 0.2) is 42.6 Å². The molecule has 0 atom stereocenters. The first-order valence-electron chi connectivity index (χ1n) is 8.00. The molecule has 6 heteroatoms. The molecule has 0 amide bonds. The minimum absolute atomic E-state index is 0.115. The standard InChI is InChI=1S/C18H21BFNO3/c1-17(2)18(3,4)24-19(23-17)15-6-5-11-21(15)16(22)12-13-7-9-14(20)10-8-13/h5-11H,12H2,1-4H3. The van der Waals surface area contributed by atoms with Crippen molar-refractivity contribution in [3.8, 4) is 0 Å². The number of hydrogen-bond acceptors (Lipinski definition) is 3. The van der Waals surface area contributed by atoms with Crippen molar-refractivity contribution in [2.75, 3.05) is 0 Å². The zero-order valence-corrected chi connectivity index (χ0v) is 14.4. The van der Waals surface area contributed by atoms with E-state index in [4.69, 9.17) is 9.31 Å². The fourth-order valence-electron chi connectivity index (χ4n) is 2.64. The smallest absolute Gasteiger partial charge is 0.398 e. The largest absolute Gasteiger partial charge is 0.512 e. The Hall–Kier alpha value is -1.92. The first-order chi connectivity index (χ1) is 11.2. The zero-order valence-electron chi connectivity index (χ0n) is 14.4. The second kappa shape index (κ2) is 5.86. The van der Waals surface area contributed by atoms with E-state index in [1.165, 1.54) is 12.1 Å². The molecule has 2 heterocycles. The molecule has 0 aliphatic carbocycles. The Bertz CT molecular complexity index is 736. The molecule has 0 saturated carbocycles. The molecule has 0 bridgehead atoms. The molecule has 1 aromatic carbocycles. The lowest BCUT2D eigenvalue weighted by atomic mass is 9.84. The van der Waals surface area contributed by atoms with Crippen LogP contribution < -0.4 is 5.59 Å². The minimum Gasteiger partial charge on any atom is -0.398 e. The average molecular weight is 329 g/mol. The molecule has 0 spiro atoms. The van der Waals surface area contributed by atoms with Crippen LogP contribution in [0.3, 0.4) is 0 Å². The number of aromatic nitrogens is 1. The van der Waals surface area contributed by atoms with Gasteiger partial charge in [-0.2, -0.15) is 0 Å². The van der Waals surface area contributed by atoms with Crippen molar-refractivity contribution in [1.82, 2.24) is 4.57 Å². The molecule has 0 radical (unpaired) electrons. The van der Waals surface area contributed by atoms with E-state index in [0.717, 1.165) is 5.56 Å². The van der Waals surface area contributed by atoms with Crippen molar-refractivity contribution in [3.05, 3.63) is 54.0 Å². The minimum atomic E-state index is -0.595. The van der Waals surface area contributed by atoms with Gasteiger partial charge in [-0.1, -0.05) is 12.1 Å². The van der Waals surface area contributed by atoms with E-state index in [-0.39, 0.29) is 18.1 Å². The number of halogens is 1. The van der Waals surface area contributed by atoms with Crippen LogP contribution in [0.1, 0.15) is 38.1 Å². The summed E-state index contributed by atoms with van der Waals surface area (Å²) in [5, 5.41) is 0. The summed E-state index contributed by atoms with van der Waals surface area (Å²) in [7, 11) is -0.595. The zero-order chi connectivity index (χ0) is 17.5. The van der Waals surface area contributed by atoms with Crippen LogP contribution in [0.2, 0.25) is 0 Å². The predicted octanol–water partition coefficient (Wildman–Crippen LogP) is 2.81. The average Bonchev–Trinajstić information content (AvgIpc) is 3.04. The van der Waals surface area contributed by atoms with Gasteiger partial charge in [0.15, 0.2) is 0 Å². The van der Waals surface area contributed by atoms with Crippen molar-refractivity contribution in [2.45, 2.75) is 45.3 Å². The summed E-state index contributed by atoms with van der Waals surface area (Å²) in [6, 6.07) is 9.56. The Morgan fingerprint density at radius 1 is 1.08 bits per heavy atom. The number of hydrogen-bond donors (Lipinski definition) is 0. The molecule has 1 fully saturated rings. The SMILES string of the molecule is CC1(C)OB(c2cccn2C(=O)Cc2ccc(F)cc2)OC1(C)C. The molecular weight excluding hydrogens is 308 g/mol. The highest BCUT2D eigenvalue weighted by atomic mass is 19.1. The highest BCUT2D eigenvalue weighted by Crippen LogP contribution is 2.36. The molecule has 126 valence electrons. The summed E-state index contributed by atoms with van der Waals surface area (Å²) in [5.41, 5.74) is 0.496. The second-order valence-electron chi connectivity index (χ2n) is 7.09. The van der Waals surface area contributed by atoms with Gasteiger partial charge in [0.2, 0.25) is 5.91 Å². The van der Waals surface area contributed by atoms with E-state index in [1.807, 2.05) is 33.8 Å². The highest BCUT2D eigenvalue weighted by molar-refractivity contribution is 6.61. The van der Waals surface area contributed by atoms with Gasteiger partial charge in [-0.25, -0.2) is 4.39 Å². The third-order valence-corrected chi connectivity index (χ3v) is 4.81. The van der Waals surface area contributed by atoms with E-state index in [9.17, 15) is 9.18 Å². The molecule has 4 nitrogen and oxygen atoms in total. The van der Waals surface area contributed by atoms with Crippen LogP contribution >= 0.6 is 0 Å². The van der Waals surface area contributed by atoms with Gasteiger partial charge < -0.3 is 9.31 Å². The van der Waals surface area contributed by atoms with Crippen LogP contribution in [-0.4, -0.2) is 28.8 Å². The summed E-state index contributed by atoms with van der Waals surface area (Å²) >= 11 is 0. The lowest BCUT2D eigenvalue weighted by molar-refractivity contribution is 0.00578. The Morgan fingerprint density at radius 2 is 1.67 bits per heavy atom. The Labute approximate surface area is 141 Å². The summed E-state index contributed by atoms with van der Waals surface area (Å²) in [6.07, 6.45) is 1.88. The lowest BCUT2D eigenvalue weighted by Crippen LogP contribution is -2.41. The van der Waals surface area contributed by atoms with E-state index in [2.05, 4.69) is 0 Å². The number of nitrogens with zero attached hydrogens (tertiary/aromatic N) is 1. The van der Waals surface area contributed by atoms with Crippen LogP contribution in [0.25, 0.3) is 0 Å². The summed E-state index contributed by atoms with van der Waals surface area (Å²) in [5.74, 6) is -0.429. The van der Waals surface area contributed by atoms with E-state index >= 15 is 0 Å². The topological polar surface area (TPSA) is 40.5 Å². The van der Waals surface area contributed by atoms with Crippen molar-refractivity contribution in [3.63, 3.8) is 0 Å². The number of benzene rings is 1. The Kier molecular flexibility index (Phi) is 4.14. The van der Waals surface area contributed by atoms with Gasteiger partial charge in [0.05, 0.1) is 23.2 Å². The molecule has 1 aliphatic rings. The van der Waals surface area contributed by atoms with Crippen molar-refractivity contribution < 1.29 is 18.5 Å². The fraction of sp³-hybridized carbons (Fsp3) is 0.389. The summed E-state index contributed by atoms with van der Waals surface area (Å²) in [6.45, 7) is 7.89. The van der Waals surface area contributed by atoms with E-state index < -0.39 is 18.3 Å². The molecule has 1 saturated heterocycles. The van der Waals surface area contributed by atoms with Crippen LogP contribution in [0, 0.1) is 5.82 Å². The number of rotatable bonds is 3. The van der Waals surface area contributed by atoms with Gasteiger partial charge in [0.25, 0.3) is 0 Å². The van der Waals surface area contributed by atoms with E-state index in [1.54, 1.807) is 29.0 Å². The van der Waals surface area contributed by atoms with Crippen molar-refractivity contribution in [2.24, 2.45) is 0 Å². The van der Waals surface area contributed by atoms with Gasteiger partial charge in [-0.15, -0.1) is 0 Å². The molecule has 2 aromatic rings. The summed E-state index contributed by atoms with van der Waals surface area (Å²) in [4.78, 5) is 12.6. The molecule has 3 rings (SSSR count).